The van der Waals surface area contributed by atoms with Crippen molar-refractivity contribution in [2.45, 2.75) is 0 Å². The maximum absolute atomic E-state index is 12.8. The van der Waals surface area contributed by atoms with Crippen LogP contribution < -0.4 is 21.2 Å². The van der Waals surface area contributed by atoms with E-state index in [0.29, 0.717) is 16.8 Å². The Bertz CT molecular complexity index is 1450. The number of halogens is 1. The van der Waals surface area contributed by atoms with Gasteiger partial charge in [0.2, 0.25) is 0 Å². The van der Waals surface area contributed by atoms with Gasteiger partial charge < -0.3 is 9.52 Å². The number of nitro benzene ring substituents is 1. The molecule has 0 fully saturated rings. The molecule has 150 valence electrons. The molecule has 0 spiro atoms. The van der Waals surface area contributed by atoms with Gasteiger partial charge in [-0.05, 0) is 36.4 Å². The lowest BCUT2D eigenvalue weighted by Crippen LogP contribution is -2.33. The van der Waals surface area contributed by atoms with Crippen LogP contribution in [0.5, 0.6) is 5.75 Å². The third kappa shape index (κ3) is 3.58. The van der Waals surface area contributed by atoms with Crippen LogP contribution in [0.3, 0.4) is 0 Å². The molecule has 2 heterocycles. The van der Waals surface area contributed by atoms with Gasteiger partial charge in [-0.2, -0.15) is 0 Å². The van der Waals surface area contributed by atoms with E-state index < -0.39 is 10.7 Å². The molecule has 2 aromatic carbocycles. The maximum Gasteiger partial charge on any atom is 0.279 e. The molecule has 4 rings (SSSR count). The van der Waals surface area contributed by atoms with Crippen molar-refractivity contribution < 1.29 is 14.4 Å². The van der Waals surface area contributed by atoms with Crippen LogP contribution in [0.2, 0.25) is 0 Å². The molecule has 9 heteroatoms. The maximum atomic E-state index is 12.8. The number of furan rings is 1. The Hall–Kier alpha value is -3.85. The van der Waals surface area contributed by atoms with Gasteiger partial charge in [0.15, 0.2) is 0 Å². The molecule has 0 saturated heterocycles. The molecule has 0 aliphatic heterocycles. The molecule has 8 nitrogen and oxygen atoms in total. The first-order valence-electron chi connectivity index (χ1n) is 8.67. The number of aromatic amines is 1. The van der Waals surface area contributed by atoms with Gasteiger partial charge in [0.1, 0.15) is 11.5 Å². The van der Waals surface area contributed by atoms with Gasteiger partial charge in [0, 0.05) is 22.2 Å². The zero-order valence-electron chi connectivity index (χ0n) is 15.3. The zero-order chi connectivity index (χ0) is 21.4. The monoisotopic (exact) mass is 466 g/mol. The summed E-state index contributed by atoms with van der Waals surface area (Å²) in [7, 11) is 0. The van der Waals surface area contributed by atoms with Crippen molar-refractivity contribution in [3.8, 4) is 22.8 Å². The fourth-order valence-electron chi connectivity index (χ4n) is 2.98. The number of benzene rings is 2. The Morgan fingerprint density at radius 1 is 1.17 bits per heavy atom. The van der Waals surface area contributed by atoms with Crippen LogP contribution in [0.25, 0.3) is 29.7 Å². The number of nitrogens with zero attached hydrogens (tertiary/aromatic N) is 2. The first-order chi connectivity index (χ1) is 14.3. The lowest BCUT2D eigenvalue weighted by atomic mass is 10.1. The van der Waals surface area contributed by atoms with Gasteiger partial charge in [0.25, 0.3) is 11.2 Å². The second-order valence-corrected chi connectivity index (χ2v) is 7.32. The predicted octanol–water partition coefficient (Wildman–Crippen LogP) is 2.41. The number of hydrogen-bond donors (Lipinski definition) is 1. The smallest absolute Gasteiger partial charge is 0.279 e. The predicted molar refractivity (Wildman–Crippen MR) is 113 cm³/mol. The van der Waals surface area contributed by atoms with Gasteiger partial charge in [0.05, 0.1) is 21.2 Å². The zero-order valence-corrected chi connectivity index (χ0v) is 16.9. The van der Waals surface area contributed by atoms with E-state index in [4.69, 9.17) is 4.42 Å². The van der Waals surface area contributed by atoms with Crippen LogP contribution in [0.1, 0.15) is 5.76 Å². The summed E-state index contributed by atoms with van der Waals surface area (Å²) < 4.78 is 7.84. The van der Waals surface area contributed by atoms with E-state index >= 15 is 0 Å². The van der Waals surface area contributed by atoms with Crippen molar-refractivity contribution in [1.29, 1.82) is 0 Å². The number of hydrogen-bond acceptors (Lipinski definition) is 5. The van der Waals surface area contributed by atoms with E-state index in [1.165, 1.54) is 16.8 Å². The molecule has 4 aromatic rings. The fourth-order valence-corrected chi connectivity index (χ4v) is 3.37. The Morgan fingerprint density at radius 2 is 1.97 bits per heavy atom. The first-order valence-corrected chi connectivity index (χ1v) is 9.46. The summed E-state index contributed by atoms with van der Waals surface area (Å²) in [6, 6.07) is 13.7. The van der Waals surface area contributed by atoms with E-state index in [2.05, 4.69) is 27.6 Å². The van der Waals surface area contributed by atoms with Crippen molar-refractivity contribution in [1.82, 2.24) is 9.78 Å². The number of H-pyrrole nitrogens is 1. The Balaban J connectivity index is 1.78. The van der Waals surface area contributed by atoms with Crippen LogP contribution in [0.4, 0.5) is 5.69 Å². The van der Waals surface area contributed by atoms with Crippen LogP contribution in [0, 0.1) is 10.1 Å². The summed E-state index contributed by atoms with van der Waals surface area (Å²) in [6.07, 6.45) is 1.50. The normalized spacial score (nSPS) is 11.7. The summed E-state index contributed by atoms with van der Waals surface area (Å²) in [5, 5.41) is 26.7. The van der Waals surface area contributed by atoms with E-state index in [1.54, 1.807) is 24.3 Å². The van der Waals surface area contributed by atoms with Crippen LogP contribution in [-0.2, 0) is 0 Å². The van der Waals surface area contributed by atoms with Crippen LogP contribution >= 0.6 is 15.9 Å². The van der Waals surface area contributed by atoms with Crippen molar-refractivity contribution >= 4 is 34.3 Å². The Labute approximate surface area is 177 Å². The van der Waals surface area contributed by atoms with Crippen molar-refractivity contribution in [2.75, 3.05) is 0 Å². The van der Waals surface area contributed by atoms with Gasteiger partial charge in [-0.15, -0.1) is 0 Å². The summed E-state index contributed by atoms with van der Waals surface area (Å²) >= 11 is 3.37. The highest BCUT2D eigenvalue weighted by atomic mass is 79.9. The lowest BCUT2D eigenvalue weighted by molar-refractivity contribution is -0.385. The summed E-state index contributed by atoms with van der Waals surface area (Å²) in [4.78, 5) is 23.2. The minimum Gasteiger partial charge on any atom is -0.872 e. The molecule has 30 heavy (non-hydrogen) atoms. The van der Waals surface area contributed by atoms with Crippen molar-refractivity contribution in [3.05, 3.63) is 95.9 Å². The minimum atomic E-state index is -0.585. The highest BCUT2D eigenvalue weighted by Gasteiger charge is 2.12. The molecule has 1 N–H and O–H groups in total. The summed E-state index contributed by atoms with van der Waals surface area (Å²) in [5.41, 5.74) is 0.163. The average Bonchev–Trinajstić information content (AvgIpc) is 3.28. The molecule has 0 atom stereocenters. The van der Waals surface area contributed by atoms with E-state index in [-0.39, 0.29) is 27.8 Å². The molecule has 0 unspecified atom stereocenters. The molecule has 0 radical (unpaired) electrons. The van der Waals surface area contributed by atoms with Gasteiger partial charge in [-0.25, -0.2) is 4.68 Å². The van der Waals surface area contributed by atoms with Gasteiger partial charge in [-0.1, -0.05) is 40.4 Å². The van der Waals surface area contributed by atoms with Crippen LogP contribution in [0.15, 0.2) is 68.3 Å². The third-order valence-electron chi connectivity index (χ3n) is 4.42. The van der Waals surface area contributed by atoms with E-state index in [9.17, 15) is 20.0 Å². The number of non-ortho nitro benzene ring substituents is 1. The second kappa shape index (κ2) is 7.53. The SMILES string of the molecule is C=c1[nH]n(-c2cccc(Br)c2)c(=O)/c1=C\c1ccc(-c2cc([N+](=O)[O-])ccc2[O-])o1. The summed E-state index contributed by atoms with van der Waals surface area (Å²) in [6.45, 7) is 3.87. The van der Waals surface area contributed by atoms with Crippen molar-refractivity contribution in [3.63, 3.8) is 0 Å². The quantitative estimate of drug-likeness (QED) is 0.366. The highest BCUT2D eigenvalue weighted by Crippen LogP contribution is 2.32. The number of nitro groups is 1. The molecule has 0 aliphatic rings. The number of nitrogens with one attached hydrogen (secondary N) is 1. The topological polar surface area (TPSA) is 117 Å². The molecule has 2 aromatic heterocycles. The molecule has 0 aliphatic carbocycles. The standard InChI is InChI=1S/C21H14BrN3O5/c1-12-17(21(27)24(23-12)14-4-2-3-13(22)9-14)11-16-6-8-20(30-16)18-10-15(25(28)29)5-7-19(18)26/h2-11,23,26H,1H2/p-1/b17-11-. The first kappa shape index (κ1) is 19.5. The fraction of sp³-hybridized carbons (Fsp3) is 0. The molecule has 0 amide bonds. The van der Waals surface area contributed by atoms with Gasteiger partial charge in [-0.3, -0.25) is 20.0 Å². The Kier molecular flexibility index (Phi) is 4.88. The minimum absolute atomic E-state index is 0.0688. The lowest BCUT2D eigenvalue weighted by Gasteiger charge is -2.10. The third-order valence-corrected chi connectivity index (χ3v) is 4.92. The molecule has 0 saturated carbocycles. The largest absolute Gasteiger partial charge is 0.872 e. The van der Waals surface area contributed by atoms with Crippen molar-refractivity contribution in [2.24, 2.45) is 0 Å². The molecular weight excluding hydrogens is 454 g/mol. The van der Waals surface area contributed by atoms with E-state index in [0.717, 1.165) is 22.7 Å². The van der Waals surface area contributed by atoms with Crippen LogP contribution in [-0.4, -0.2) is 14.7 Å². The average molecular weight is 467 g/mol. The number of aromatic nitrogens is 2. The Morgan fingerprint density at radius 3 is 2.70 bits per heavy atom. The summed E-state index contributed by atoms with van der Waals surface area (Å²) in [5.74, 6) is 0.0692. The van der Waals surface area contributed by atoms with E-state index in [1.807, 2.05) is 6.07 Å². The van der Waals surface area contributed by atoms with Gasteiger partial charge >= 0.3 is 0 Å². The second-order valence-electron chi connectivity index (χ2n) is 6.41. The highest BCUT2D eigenvalue weighted by molar-refractivity contribution is 9.10. The molecular formula is C21H13BrN3O5-. The molecule has 0 bridgehead atoms. The number of rotatable bonds is 4.